The van der Waals surface area contributed by atoms with Crippen molar-refractivity contribution in [3.8, 4) is 17.7 Å². The van der Waals surface area contributed by atoms with Gasteiger partial charge in [-0.05, 0) is 12.1 Å². The van der Waals surface area contributed by atoms with Crippen LogP contribution in [0.4, 0.5) is 5.88 Å². The number of piperazine rings is 1. The molecule has 116 valence electrons. The first-order chi connectivity index (χ1) is 10.5. The summed E-state index contributed by atoms with van der Waals surface area (Å²) in [5.41, 5.74) is 0.135. The fraction of sp³-hybridized carbons (Fsp3) is 0.333. The summed E-state index contributed by atoms with van der Waals surface area (Å²) in [7, 11) is -3.70. The smallest absolute Gasteiger partial charge is 0.277 e. The number of nitrogens with zero attached hydrogens (tertiary/aromatic N) is 4. The average molecular weight is 323 g/mol. The molecular weight excluding hydrogens is 310 g/mol. The maximum Gasteiger partial charge on any atom is 0.277 e. The second kappa shape index (κ2) is 5.45. The second-order valence-electron chi connectivity index (χ2n) is 4.69. The van der Waals surface area contributed by atoms with Crippen LogP contribution >= 0.6 is 0 Å². The van der Waals surface area contributed by atoms with Crippen molar-refractivity contribution in [1.82, 2.24) is 9.29 Å². The third kappa shape index (κ3) is 2.69. The number of oxazole rings is 1. The van der Waals surface area contributed by atoms with Gasteiger partial charge in [0.25, 0.3) is 16.1 Å². The standard InChI is InChI=1S/C12H13N5O4S/c13-8-9-12(21-11(15-9)10-2-1-7-20-10)16-3-5-17(6-4-16)22(14,18)19/h1-2,7H,3-6H2,(H2,14,18,19). The minimum atomic E-state index is -3.70. The van der Waals surface area contributed by atoms with E-state index in [2.05, 4.69) is 4.98 Å². The van der Waals surface area contributed by atoms with Crippen LogP contribution in [0.5, 0.6) is 0 Å². The molecule has 1 fully saturated rings. The Labute approximate surface area is 126 Å². The monoisotopic (exact) mass is 323 g/mol. The van der Waals surface area contributed by atoms with Gasteiger partial charge in [-0.1, -0.05) is 0 Å². The predicted molar refractivity (Wildman–Crippen MR) is 75.8 cm³/mol. The third-order valence-electron chi connectivity index (χ3n) is 3.33. The molecule has 1 saturated heterocycles. The lowest BCUT2D eigenvalue weighted by Crippen LogP contribution is -2.50. The van der Waals surface area contributed by atoms with E-state index >= 15 is 0 Å². The third-order valence-corrected chi connectivity index (χ3v) is 4.42. The first-order valence-electron chi connectivity index (χ1n) is 6.46. The van der Waals surface area contributed by atoms with Crippen LogP contribution in [-0.2, 0) is 10.2 Å². The van der Waals surface area contributed by atoms with Crippen LogP contribution in [0.3, 0.4) is 0 Å². The van der Waals surface area contributed by atoms with E-state index in [4.69, 9.17) is 14.0 Å². The molecule has 0 unspecified atom stereocenters. The molecule has 0 aromatic carbocycles. The minimum Gasteiger partial charge on any atom is -0.459 e. The summed E-state index contributed by atoms with van der Waals surface area (Å²) in [6.07, 6.45) is 1.48. The van der Waals surface area contributed by atoms with Crippen LogP contribution in [0.1, 0.15) is 5.69 Å². The Morgan fingerprint density at radius 1 is 1.32 bits per heavy atom. The molecule has 0 amide bonds. The van der Waals surface area contributed by atoms with Gasteiger partial charge in [0.1, 0.15) is 6.07 Å². The quantitative estimate of drug-likeness (QED) is 0.849. The lowest BCUT2D eigenvalue weighted by Gasteiger charge is -2.32. The highest BCUT2D eigenvalue weighted by molar-refractivity contribution is 7.86. The number of nitrogens with two attached hydrogens (primary N) is 1. The van der Waals surface area contributed by atoms with E-state index in [0.29, 0.717) is 24.7 Å². The summed E-state index contributed by atoms with van der Waals surface area (Å²) in [5.74, 6) is 0.944. The molecule has 0 radical (unpaired) electrons. The van der Waals surface area contributed by atoms with Crippen molar-refractivity contribution >= 4 is 16.1 Å². The molecule has 9 nitrogen and oxygen atoms in total. The average Bonchev–Trinajstić information content (AvgIpc) is 3.15. The predicted octanol–water partition coefficient (Wildman–Crippen LogP) is 0.132. The molecule has 10 heteroatoms. The molecule has 2 aromatic rings. The summed E-state index contributed by atoms with van der Waals surface area (Å²) in [5, 5.41) is 14.3. The SMILES string of the molecule is N#Cc1nc(-c2ccco2)oc1N1CCN(S(N)(=O)=O)CC1. The Morgan fingerprint density at radius 2 is 2.05 bits per heavy atom. The zero-order valence-corrected chi connectivity index (χ0v) is 12.3. The number of hydrogen-bond acceptors (Lipinski definition) is 7. The van der Waals surface area contributed by atoms with Crippen molar-refractivity contribution in [1.29, 1.82) is 5.26 Å². The highest BCUT2D eigenvalue weighted by Gasteiger charge is 2.28. The number of anilines is 1. The molecule has 0 saturated carbocycles. The Hall–Kier alpha value is -2.35. The van der Waals surface area contributed by atoms with Crippen LogP contribution in [0.15, 0.2) is 27.2 Å². The lowest BCUT2D eigenvalue weighted by atomic mass is 10.3. The molecule has 2 N–H and O–H groups in total. The Bertz CT molecular complexity index is 797. The van der Waals surface area contributed by atoms with Crippen LogP contribution in [0.2, 0.25) is 0 Å². The maximum absolute atomic E-state index is 11.3. The van der Waals surface area contributed by atoms with E-state index in [1.807, 2.05) is 6.07 Å². The van der Waals surface area contributed by atoms with Crippen molar-refractivity contribution in [2.45, 2.75) is 0 Å². The first-order valence-corrected chi connectivity index (χ1v) is 7.97. The Kier molecular flexibility index (Phi) is 3.61. The fourth-order valence-electron chi connectivity index (χ4n) is 2.25. The van der Waals surface area contributed by atoms with Gasteiger partial charge in [0.2, 0.25) is 11.6 Å². The number of nitriles is 1. The van der Waals surface area contributed by atoms with Crippen molar-refractivity contribution in [3.05, 3.63) is 24.1 Å². The molecule has 0 aliphatic carbocycles. The largest absolute Gasteiger partial charge is 0.459 e. The van der Waals surface area contributed by atoms with Crippen LogP contribution < -0.4 is 10.0 Å². The van der Waals surface area contributed by atoms with Crippen LogP contribution in [-0.4, -0.2) is 43.9 Å². The van der Waals surface area contributed by atoms with Gasteiger partial charge in [-0.2, -0.15) is 23.0 Å². The van der Waals surface area contributed by atoms with Gasteiger partial charge >= 0.3 is 0 Å². The number of hydrogen-bond donors (Lipinski definition) is 1. The summed E-state index contributed by atoms with van der Waals surface area (Å²) >= 11 is 0. The Morgan fingerprint density at radius 3 is 2.59 bits per heavy atom. The van der Waals surface area contributed by atoms with Crippen LogP contribution in [0.25, 0.3) is 11.7 Å². The van der Waals surface area contributed by atoms with E-state index in [1.165, 1.54) is 10.6 Å². The van der Waals surface area contributed by atoms with E-state index in [0.717, 1.165) is 0 Å². The second-order valence-corrected chi connectivity index (χ2v) is 6.24. The highest BCUT2D eigenvalue weighted by atomic mass is 32.2. The molecule has 0 atom stereocenters. The van der Waals surface area contributed by atoms with Gasteiger partial charge in [0.15, 0.2) is 5.76 Å². The van der Waals surface area contributed by atoms with Crippen molar-refractivity contribution in [3.63, 3.8) is 0 Å². The molecule has 0 spiro atoms. The molecular formula is C12H13N5O4S. The molecule has 1 aliphatic heterocycles. The van der Waals surface area contributed by atoms with E-state index in [1.54, 1.807) is 17.0 Å². The van der Waals surface area contributed by atoms with Gasteiger partial charge in [0.05, 0.1) is 6.26 Å². The molecule has 1 aliphatic rings. The van der Waals surface area contributed by atoms with Gasteiger partial charge in [-0.3, -0.25) is 0 Å². The Balaban J connectivity index is 1.83. The lowest BCUT2D eigenvalue weighted by molar-refractivity contribution is 0.374. The van der Waals surface area contributed by atoms with Gasteiger partial charge in [-0.25, -0.2) is 5.14 Å². The molecule has 0 bridgehead atoms. The number of furan rings is 1. The van der Waals surface area contributed by atoms with E-state index < -0.39 is 10.2 Å². The minimum absolute atomic E-state index is 0.135. The normalized spacial score (nSPS) is 16.6. The van der Waals surface area contributed by atoms with Crippen molar-refractivity contribution < 1.29 is 17.3 Å². The summed E-state index contributed by atoms with van der Waals surface area (Å²) < 4.78 is 34.6. The molecule has 22 heavy (non-hydrogen) atoms. The molecule has 2 aromatic heterocycles. The maximum atomic E-state index is 11.3. The van der Waals surface area contributed by atoms with Crippen LogP contribution in [0, 0.1) is 11.3 Å². The zero-order chi connectivity index (χ0) is 15.7. The summed E-state index contributed by atoms with van der Waals surface area (Å²) in [6.45, 7) is 1.16. The molecule has 3 rings (SSSR count). The highest BCUT2D eigenvalue weighted by Crippen LogP contribution is 2.29. The fourth-order valence-corrected chi connectivity index (χ4v) is 2.92. The van der Waals surface area contributed by atoms with Crippen molar-refractivity contribution in [2.75, 3.05) is 31.1 Å². The van der Waals surface area contributed by atoms with E-state index in [9.17, 15) is 13.7 Å². The number of aromatic nitrogens is 1. The van der Waals surface area contributed by atoms with E-state index in [-0.39, 0.29) is 24.7 Å². The summed E-state index contributed by atoms with van der Waals surface area (Å²) in [4.78, 5) is 5.86. The van der Waals surface area contributed by atoms with Gasteiger partial charge in [-0.15, -0.1) is 0 Å². The topological polar surface area (TPSA) is 130 Å². The molecule has 3 heterocycles. The van der Waals surface area contributed by atoms with Gasteiger partial charge in [0, 0.05) is 26.2 Å². The van der Waals surface area contributed by atoms with Crippen molar-refractivity contribution in [2.24, 2.45) is 5.14 Å². The summed E-state index contributed by atoms with van der Waals surface area (Å²) in [6, 6.07) is 5.34. The first kappa shape index (κ1) is 14.6. The number of rotatable bonds is 3. The van der Waals surface area contributed by atoms with Gasteiger partial charge < -0.3 is 13.7 Å². The zero-order valence-electron chi connectivity index (χ0n) is 11.5.